The number of benzene rings is 1. The number of unbranched alkanes of at least 4 members (excludes halogenated alkanes) is 2. The van der Waals surface area contributed by atoms with Crippen LogP contribution in [0, 0.1) is 0 Å². The van der Waals surface area contributed by atoms with Crippen LogP contribution < -0.4 is 5.32 Å². The summed E-state index contributed by atoms with van der Waals surface area (Å²) in [5.74, 6) is 0.368. The summed E-state index contributed by atoms with van der Waals surface area (Å²) >= 11 is 0. The van der Waals surface area contributed by atoms with Gasteiger partial charge >= 0.3 is 0 Å². The van der Waals surface area contributed by atoms with Crippen molar-refractivity contribution < 1.29 is 9.53 Å². The van der Waals surface area contributed by atoms with Crippen molar-refractivity contribution in [2.45, 2.75) is 26.2 Å². The molecule has 0 radical (unpaired) electrons. The summed E-state index contributed by atoms with van der Waals surface area (Å²) in [4.78, 5) is 11.4. The van der Waals surface area contributed by atoms with Gasteiger partial charge in [-0.15, -0.1) is 0 Å². The standard InChI is InChI=1S/C14H17NO2/c1-2-3-7-10-17-13-12(15-14(13)16)11-8-5-4-6-9-11/h4-6,8-9H,2-3,7,10H2,1H3,(H,15,16). The van der Waals surface area contributed by atoms with Gasteiger partial charge in [-0.2, -0.15) is 0 Å². The Kier molecular flexibility index (Phi) is 3.81. The zero-order valence-corrected chi connectivity index (χ0v) is 10.0. The zero-order valence-electron chi connectivity index (χ0n) is 10.0. The number of ether oxygens (including phenoxy) is 1. The summed E-state index contributed by atoms with van der Waals surface area (Å²) in [6.07, 6.45) is 3.28. The highest BCUT2D eigenvalue weighted by molar-refractivity contribution is 6.12. The first-order valence-corrected chi connectivity index (χ1v) is 6.06. The first-order valence-electron chi connectivity index (χ1n) is 6.06. The van der Waals surface area contributed by atoms with E-state index in [0.29, 0.717) is 12.4 Å². The van der Waals surface area contributed by atoms with Crippen molar-refractivity contribution >= 4 is 11.6 Å². The van der Waals surface area contributed by atoms with Crippen molar-refractivity contribution in [3.8, 4) is 0 Å². The van der Waals surface area contributed by atoms with Crippen LogP contribution in [0.1, 0.15) is 31.7 Å². The van der Waals surface area contributed by atoms with Crippen LogP contribution in [-0.4, -0.2) is 12.5 Å². The highest BCUT2D eigenvalue weighted by Crippen LogP contribution is 2.24. The van der Waals surface area contributed by atoms with Crippen LogP contribution in [0.2, 0.25) is 0 Å². The lowest BCUT2D eigenvalue weighted by Crippen LogP contribution is -2.37. The molecule has 0 atom stereocenters. The van der Waals surface area contributed by atoms with Crippen LogP contribution in [-0.2, 0) is 9.53 Å². The Morgan fingerprint density at radius 3 is 2.59 bits per heavy atom. The van der Waals surface area contributed by atoms with E-state index in [-0.39, 0.29) is 5.91 Å². The highest BCUT2D eigenvalue weighted by atomic mass is 16.5. The molecular weight excluding hydrogens is 214 g/mol. The van der Waals surface area contributed by atoms with Gasteiger partial charge in [0, 0.05) is 5.56 Å². The number of amides is 1. The maximum absolute atomic E-state index is 11.4. The molecule has 3 nitrogen and oxygen atoms in total. The first kappa shape index (κ1) is 11.7. The number of rotatable bonds is 6. The average Bonchev–Trinajstić information content (AvgIpc) is 2.36. The van der Waals surface area contributed by atoms with Gasteiger partial charge in [-0.3, -0.25) is 4.79 Å². The molecule has 0 aliphatic carbocycles. The summed E-state index contributed by atoms with van der Waals surface area (Å²) in [5.41, 5.74) is 1.81. The topological polar surface area (TPSA) is 38.3 Å². The Morgan fingerprint density at radius 1 is 1.18 bits per heavy atom. The minimum atomic E-state index is -0.111. The lowest BCUT2D eigenvalue weighted by molar-refractivity contribution is -0.121. The van der Waals surface area contributed by atoms with Crippen LogP contribution in [0.3, 0.4) is 0 Å². The molecule has 0 aromatic heterocycles. The number of carbonyl (C=O) groups is 1. The molecule has 0 unspecified atom stereocenters. The van der Waals surface area contributed by atoms with Crippen molar-refractivity contribution in [2.75, 3.05) is 6.61 Å². The van der Waals surface area contributed by atoms with Crippen molar-refractivity contribution in [3.63, 3.8) is 0 Å². The van der Waals surface area contributed by atoms with Crippen LogP contribution in [0.15, 0.2) is 36.1 Å². The molecule has 3 heteroatoms. The molecule has 0 bridgehead atoms. The number of hydrogen-bond donors (Lipinski definition) is 1. The molecule has 1 aromatic carbocycles. The van der Waals surface area contributed by atoms with Crippen molar-refractivity contribution in [2.24, 2.45) is 0 Å². The molecule has 1 N–H and O–H groups in total. The van der Waals surface area contributed by atoms with Crippen molar-refractivity contribution in [1.82, 2.24) is 5.32 Å². The fourth-order valence-corrected chi connectivity index (χ4v) is 1.75. The molecule has 1 heterocycles. The van der Waals surface area contributed by atoms with Gasteiger partial charge in [-0.1, -0.05) is 50.1 Å². The Balaban J connectivity index is 2.01. The largest absolute Gasteiger partial charge is 0.486 e. The Labute approximate surface area is 101 Å². The summed E-state index contributed by atoms with van der Waals surface area (Å²) in [6.45, 7) is 2.76. The molecule has 2 rings (SSSR count). The van der Waals surface area contributed by atoms with E-state index in [0.717, 1.165) is 30.5 Å². The zero-order chi connectivity index (χ0) is 12.1. The minimum absolute atomic E-state index is 0.111. The van der Waals surface area contributed by atoms with E-state index in [9.17, 15) is 4.79 Å². The van der Waals surface area contributed by atoms with E-state index < -0.39 is 0 Å². The molecule has 1 aliphatic rings. The van der Waals surface area contributed by atoms with Crippen LogP contribution in [0.25, 0.3) is 5.70 Å². The Hall–Kier alpha value is -1.77. The van der Waals surface area contributed by atoms with Crippen LogP contribution >= 0.6 is 0 Å². The smallest absolute Gasteiger partial charge is 0.293 e. The minimum Gasteiger partial charge on any atom is -0.486 e. The van der Waals surface area contributed by atoms with Gasteiger partial charge in [0.15, 0.2) is 0 Å². The van der Waals surface area contributed by atoms with Gasteiger partial charge in [-0.05, 0) is 6.42 Å². The second-order valence-corrected chi connectivity index (χ2v) is 4.08. The molecule has 0 spiro atoms. The molecule has 0 fully saturated rings. The fourth-order valence-electron chi connectivity index (χ4n) is 1.75. The second kappa shape index (κ2) is 5.53. The first-order chi connectivity index (χ1) is 8.33. The van der Waals surface area contributed by atoms with Gasteiger partial charge in [0.2, 0.25) is 5.76 Å². The average molecular weight is 231 g/mol. The molecule has 0 saturated heterocycles. The monoisotopic (exact) mass is 231 g/mol. The van der Waals surface area contributed by atoms with Crippen molar-refractivity contribution in [1.29, 1.82) is 0 Å². The molecule has 1 amide bonds. The quantitative estimate of drug-likeness (QED) is 0.764. The van der Waals surface area contributed by atoms with E-state index in [2.05, 4.69) is 12.2 Å². The number of carbonyl (C=O) groups excluding carboxylic acids is 1. The third kappa shape index (κ3) is 2.67. The Morgan fingerprint density at radius 2 is 1.94 bits per heavy atom. The SMILES string of the molecule is CCCCCOC1=C(c2ccccc2)NC1=O. The molecule has 17 heavy (non-hydrogen) atoms. The Bertz CT molecular complexity index is 423. The van der Waals surface area contributed by atoms with Gasteiger partial charge in [0.25, 0.3) is 5.91 Å². The van der Waals surface area contributed by atoms with E-state index in [1.54, 1.807) is 0 Å². The normalized spacial score (nSPS) is 14.3. The van der Waals surface area contributed by atoms with Crippen LogP contribution in [0.5, 0.6) is 0 Å². The second-order valence-electron chi connectivity index (χ2n) is 4.08. The fraction of sp³-hybridized carbons (Fsp3) is 0.357. The molecule has 0 saturated carbocycles. The van der Waals surface area contributed by atoms with Gasteiger partial charge < -0.3 is 10.1 Å². The van der Waals surface area contributed by atoms with Crippen LogP contribution in [0.4, 0.5) is 0 Å². The van der Waals surface area contributed by atoms with E-state index in [1.165, 1.54) is 0 Å². The summed E-state index contributed by atoms with van der Waals surface area (Å²) in [7, 11) is 0. The van der Waals surface area contributed by atoms with Gasteiger partial charge in [0.05, 0.1) is 12.3 Å². The lowest BCUT2D eigenvalue weighted by Gasteiger charge is -2.24. The predicted molar refractivity (Wildman–Crippen MR) is 67.0 cm³/mol. The third-order valence-corrected chi connectivity index (χ3v) is 2.73. The molecular formula is C14H17NO2. The predicted octanol–water partition coefficient (Wildman–Crippen LogP) is 2.69. The van der Waals surface area contributed by atoms with Crippen molar-refractivity contribution in [3.05, 3.63) is 41.7 Å². The van der Waals surface area contributed by atoms with Gasteiger partial charge in [-0.25, -0.2) is 0 Å². The molecule has 90 valence electrons. The third-order valence-electron chi connectivity index (χ3n) is 2.73. The summed E-state index contributed by atoms with van der Waals surface area (Å²) in [6, 6.07) is 9.77. The summed E-state index contributed by atoms with van der Waals surface area (Å²) < 4.78 is 5.53. The number of nitrogens with one attached hydrogen (secondary N) is 1. The molecule has 1 aromatic rings. The maximum Gasteiger partial charge on any atom is 0.293 e. The summed E-state index contributed by atoms with van der Waals surface area (Å²) in [5, 5.41) is 2.77. The van der Waals surface area contributed by atoms with Gasteiger partial charge in [0.1, 0.15) is 0 Å². The van der Waals surface area contributed by atoms with E-state index >= 15 is 0 Å². The lowest BCUT2D eigenvalue weighted by atomic mass is 10.1. The number of hydrogen-bond acceptors (Lipinski definition) is 2. The van der Waals surface area contributed by atoms with E-state index in [4.69, 9.17) is 4.74 Å². The van der Waals surface area contributed by atoms with E-state index in [1.807, 2.05) is 30.3 Å². The molecule has 1 aliphatic heterocycles. The maximum atomic E-state index is 11.4. The highest BCUT2D eigenvalue weighted by Gasteiger charge is 2.29.